The van der Waals surface area contributed by atoms with Gasteiger partial charge in [-0.15, -0.1) is 0 Å². The molecule has 3 amide bonds. The Morgan fingerprint density at radius 1 is 1.12 bits per heavy atom. The summed E-state index contributed by atoms with van der Waals surface area (Å²) < 4.78 is 41.9. The maximum atomic E-state index is 14.7. The Labute approximate surface area is 251 Å². The molecule has 3 aromatic rings. The fourth-order valence-corrected chi connectivity index (χ4v) is 5.78. The first-order chi connectivity index (χ1) is 20.3. The van der Waals surface area contributed by atoms with Crippen molar-refractivity contribution in [2.24, 2.45) is 5.41 Å². The number of amides is 3. The molecule has 2 aromatic carbocycles. The summed E-state index contributed by atoms with van der Waals surface area (Å²) in [6, 6.07) is 12.5. The van der Waals surface area contributed by atoms with Crippen molar-refractivity contribution in [1.82, 2.24) is 10.3 Å². The lowest BCUT2D eigenvalue weighted by atomic mass is 9.87. The predicted molar refractivity (Wildman–Crippen MR) is 153 cm³/mol. The molecule has 2 atom stereocenters. The van der Waals surface area contributed by atoms with Crippen LogP contribution in [0.3, 0.4) is 0 Å². The van der Waals surface area contributed by atoms with Crippen molar-refractivity contribution < 1.29 is 27.6 Å². The van der Waals surface area contributed by atoms with Crippen molar-refractivity contribution in [1.29, 1.82) is 5.26 Å². The van der Waals surface area contributed by atoms with Crippen molar-refractivity contribution in [3.05, 3.63) is 88.8 Å². The number of carbonyl (C=O) groups excluding carboxylic acids is 3. The van der Waals surface area contributed by atoms with Crippen LogP contribution in [0.15, 0.2) is 66.9 Å². The molecule has 43 heavy (non-hydrogen) atoms. The third-order valence-corrected chi connectivity index (χ3v) is 8.03. The van der Waals surface area contributed by atoms with Crippen molar-refractivity contribution in [2.45, 2.75) is 57.2 Å². The summed E-state index contributed by atoms with van der Waals surface area (Å²) in [5.74, 6) is -5.56. The van der Waals surface area contributed by atoms with Gasteiger partial charge in [-0.1, -0.05) is 49.7 Å². The molecule has 1 aliphatic heterocycles. The number of nitrogens with zero attached hydrogens (tertiary/aromatic N) is 4. The van der Waals surface area contributed by atoms with Gasteiger partial charge in [-0.3, -0.25) is 24.2 Å². The fraction of sp³-hybridized carbons (Fsp3) is 0.323. The van der Waals surface area contributed by atoms with Crippen molar-refractivity contribution in [2.75, 3.05) is 9.80 Å². The van der Waals surface area contributed by atoms with Crippen molar-refractivity contribution >= 4 is 40.8 Å². The fourth-order valence-electron chi connectivity index (χ4n) is 5.54. The minimum absolute atomic E-state index is 0.000647. The van der Waals surface area contributed by atoms with Crippen molar-refractivity contribution in [3.63, 3.8) is 0 Å². The summed E-state index contributed by atoms with van der Waals surface area (Å²) in [6.45, 7) is 3.32. The van der Waals surface area contributed by atoms with Gasteiger partial charge in [0.15, 0.2) is 0 Å². The van der Waals surface area contributed by atoms with E-state index in [2.05, 4.69) is 10.3 Å². The van der Waals surface area contributed by atoms with E-state index < -0.39 is 65.8 Å². The van der Waals surface area contributed by atoms with Gasteiger partial charge in [-0.05, 0) is 42.8 Å². The molecular weight excluding hydrogens is 583 g/mol. The molecule has 0 spiro atoms. The van der Waals surface area contributed by atoms with E-state index in [-0.39, 0.29) is 34.1 Å². The average Bonchev–Trinajstić information content (AvgIpc) is 3.19. The van der Waals surface area contributed by atoms with Gasteiger partial charge in [0.25, 0.3) is 11.8 Å². The van der Waals surface area contributed by atoms with Gasteiger partial charge < -0.3 is 5.32 Å². The second kappa shape index (κ2) is 11.3. The van der Waals surface area contributed by atoms with E-state index in [1.807, 2.05) is 6.07 Å². The molecule has 8 nitrogen and oxygen atoms in total. The zero-order valence-corrected chi connectivity index (χ0v) is 24.0. The van der Waals surface area contributed by atoms with Gasteiger partial charge >= 0.3 is 0 Å². The third kappa shape index (κ3) is 5.92. The first kappa shape index (κ1) is 30.0. The average molecular weight is 610 g/mol. The molecule has 1 saturated carbocycles. The van der Waals surface area contributed by atoms with Crippen LogP contribution >= 0.6 is 11.6 Å². The summed E-state index contributed by atoms with van der Waals surface area (Å²) in [4.78, 5) is 48.7. The molecular formula is C31H27ClF3N5O3. The minimum atomic E-state index is -2.92. The lowest BCUT2D eigenvalue weighted by Crippen LogP contribution is -2.56. The highest BCUT2D eigenvalue weighted by molar-refractivity contribution is 6.31. The molecule has 0 radical (unpaired) electrons. The van der Waals surface area contributed by atoms with Crippen LogP contribution in [-0.4, -0.2) is 40.7 Å². The maximum absolute atomic E-state index is 14.7. The van der Waals surface area contributed by atoms with Crippen LogP contribution in [0, 0.1) is 22.6 Å². The zero-order valence-electron chi connectivity index (χ0n) is 23.2. The number of aromatic nitrogens is 1. The van der Waals surface area contributed by atoms with E-state index in [0.717, 1.165) is 11.0 Å². The summed E-state index contributed by atoms with van der Waals surface area (Å²) in [5, 5.41) is 12.1. The normalized spacial score (nSPS) is 19.7. The van der Waals surface area contributed by atoms with Crippen LogP contribution in [0.2, 0.25) is 5.02 Å². The summed E-state index contributed by atoms with van der Waals surface area (Å²) in [6.07, 6.45) is 0.206. The van der Waals surface area contributed by atoms with E-state index in [4.69, 9.17) is 11.6 Å². The number of hydrogen-bond acceptors (Lipinski definition) is 5. The Hall–Kier alpha value is -4.43. The summed E-state index contributed by atoms with van der Waals surface area (Å²) in [5.41, 5.74) is -0.677. The highest BCUT2D eigenvalue weighted by Crippen LogP contribution is 2.42. The lowest BCUT2D eigenvalue weighted by molar-refractivity contribution is -0.133. The van der Waals surface area contributed by atoms with E-state index in [1.165, 1.54) is 53.6 Å². The van der Waals surface area contributed by atoms with Crippen LogP contribution in [-0.2, 0) is 14.4 Å². The number of rotatable bonds is 7. The molecule has 2 fully saturated rings. The zero-order chi connectivity index (χ0) is 31.1. The Morgan fingerprint density at radius 2 is 1.84 bits per heavy atom. The minimum Gasteiger partial charge on any atom is -0.351 e. The van der Waals surface area contributed by atoms with Gasteiger partial charge in [0.2, 0.25) is 11.8 Å². The molecule has 1 unspecified atom stereocenters. The van der Waals surface area contributed by atoms with Gasteiger partial charge in [-0.25, -0.2) is 18.2 Å². The van der Waals surface area contributed by atoms with E-state index in [1.54, 1.807) is 26.0 Å². The molecule has 2 aliphatic rings. The summed E-state index contributed by atoms with van der Waals surface area (Å²) >= 11 is 6.53. The maximum Gasteiger partial charge on any atom is 0.252 e. The van der Waals surface area contributed by atoms with E-state index >= 15 is 0 Å². The first-order valence-corrected chi connectivity index (χ1v) is 13.9. The number of hydrogen-bond donors (Lipinski definition) is 1. The van der Waals surface area contributed by atoms with Crippen molar-refractivity contribution in [3.8, 4) is 6.07 Å². The number of carbonyl (C=O) groups is 3. The molecule has 1 aromatic heterocycles. The topological polar surface area (TPSA) is 106 Å². The number of nitriles is 1. The number of nitrogens with one attached hydrogen (secondary N) is 1. The van der Waals surface area contributed by atoms with Gasteiger partial charge in [-0.2, -0.15) is 5.26 Å². The number of pyridine rings is 1. The van der Waals surface area contributed by atoms with Crippen LogP contribution in [0.4, 0.5) is 24.7 Å². The molecule has 12 heteroatoms. The number of anilines is 2. The highest BCUT2D eigenvalue weighted by atomic mass is 35.5. The van der Waals surface area contributed by atoms with Crippen LogP contribution in [0.1, 0.15) is 50.3 Å². The molecule has 5 rings (SSSR count). The Morgan fingerprint density at radius 3 is 2.49 bits per heavy atom. The largest absolute Gasteiger partial charge is 0.351 e. The highest BCUT2D eigenvalue weighted by Gasteiger charge is 2.53. The second-order valence-electron chi connectivity index (χ2n) is 11.4. The standard InChI is InChI=1S/C31H27ClF3N5O3/c1-30(2)16-24(40(29(30)43)25-12-18(17-36)10-11-37-25)28(42)39(21-7-5-6-19(33)13-21)26(22-8-3-4-9-23(22)32)27(41)38-20-14-31(34,35)15-20/h3-13,20,24,26H,14-16H2,1-2H3,(H,38,41)/t24-,26?/m0/s1. The van der Waals surface area contributed by atoms with Crippen LogP contribution in [0.5, 0.6) is 0 Å². The second-order valence-corrected chi connectivity index (χ2v) is 11.8. The molecule has 222 valence electrons. The Bertz CT molecular complexity index is 1630. The summed E-state index contributed by atoms with van der Waals surface area (Å²) in [7, 11) is 0. The molecule has 0 bridgehead atoms. The number of alkyl halides is 2. The van der Waals surface area contributed by atoms with Gasteiger partial charge in [0.1, 0.15) is 23.7 Å². The van der Waals surface area contributed by atoms with Crippen LogP contribution in [0.25, 0.3) is 0 Å². The predicted octanol–water partition coefficient (Wildman–Crippen LogP) is 5.57. The molecule has 1 saturated heterocycles. The quantitative estimate of drug-likeness (QED) is 0.377. The Balaban J connectivity index is 1.65. The van der Waals surface area contributed by atoms with E-state index in [9.17, 15) is 32.8 Å². The van der Waals surface area contributed by atoms with Crippen LogP contribution < -0.4 is 15.1 Å². The smallest absolute Gasteiger partial charge is 0.252 e. The molecule has 1 aliphatic carbocycles. The monoisotopic (exact) mass is 609 g/mol. The SMILES string of the molecule is CC1(C)C[C@@H](C(=O)N(c2cccc(F)c2)C(C(=O)NC2CC(F)(F)C2)c2ccccc2Cl)N(c2cc(C#N)ccn2)C1=O. The number of halogens is 4. The van der Waals surface area contributed by atoms with Gasteiger partial charge in [0, 0.05) is 46.8 Å². The van der Waals surface area contributed by atoms with Gasteiger partial charge in [0.05, 0.1) is 11.6 Å². The first-order valence-electron chi connectivity index (χ1n) is 13.5. The third-order valence-electron chi connectivity index (χ3n) is 7.69. The Kier molecular flexibility index (Phi) is 7.92. The molecule has 2 heterocycles. The lowest BCUT2D eigenvalue weighted by Gasteiger charge is -2.39. The van der Waals surface area contributed by atoms with E-state index in [0.29, 0.717) is 0 Å². The number of benzene rings is 2. The molecule has 1 N–H and O–H groups in total.